The predicted octanol–water partition coefficient (Wildman–Crippen LogP) is 0.992. The number of aromatic nitrogens is 1. The van der Waals surface area contributed by atoms with Gasteiger partial charge in [-0.3, -0.25) is 5.84 Å². The Kier molecular flexibility index (Phi) is 2.09. The Morgan fingerprint density at radius 3 is 3.00 bits per heavy atom. The zero-order valence-electron chi connectivity index (χ0n) is 7.16. The number of nitrogens with two attached hydrogens (primary N) is 1. The van der Waals surface area contributed by atoms with E-state index < -0.39 is 6.23 Å². The van der Waals surface area contributed by atoms with Gasteiger partial charge >= 0.3 is 0 Å². The molecule has 0 fully saturated rings. The fourth-order valence-corrected chi connectivity index (χ4v) is 2.22. The molecule has 0 spiro atoms. The first-order valence-corrected chi connectivity index (χ1v) is 4.75. The van der Waals surface area contributed by atoms with Gasteiger partial charge in [0.25, 0.3) is 0 Å². The summed E-state index contributed by atoms with van der Waals surface area (Å²) in [5, 5.41) is 10.5. The number of aromatic amines is 1. The molecule has 2 aromatic rings. The van der Waals surface area contributed by atoms with Crippen molar-refractivity contribution in [3.63, 3.8) is 0 Å². The van der Waals surface area contributed by atoms with E-state index in [0.717, 1.165) is 10.2 Å². The summed E-state index contributed by atoms with van der Waals surface area (Å²) in [5.41, 5.74) is 2.97. The number of fused-ring (bicyclic) bond motifs is 1. The molecular formula is C8H11N3OS. The lowest BCUT2D eigenvalue weighted by Gasteiger charge is -2.04. The molecule has 0 aromatic carbocycles. The molecule has 70 valence electrons. The molecule has 0 bridgehead atoms. The summed E-state index contributed by atoms with van der Waals surface area (Å²) < 4.78 is 0. The number of H-pyrrole nitrogens is 1. The van der Waals surface area contributed by atoms with Gasteiger partial charge in [0.15, 0.2) is 6.23 Å². The van der Waals surface area contributed by atoms with Crippen LogP contribution in [0, 0.1) is 6.92 Å². The van der Waals surface area contributed by atoms with Gasteiger partial charge in [0.2, 0.25) is 0 Å². The van der Waals surface area contributed by atoms with Crippen LogP contribution in [0.25, 0.3) is 10.2 Å². The molecule has 5 heteroatoms. The summed E-state index contributed by atoms with van der Waals surface area (Å²) in [7, 11) is 0. The van der Waals surface area contributed by atoms with Crippen molar-refractivity contribution in [2.75, 3.05) is 0 Å². The Labute approximate surface area is 79.3 Å². The van der Waals surface area contributed by atoms with Crippen molar-refractivity contribution in [2.24, 2.45) is 5.84 Å². The van der Waals surface area contributed by atoms with Crippen LogP contribution in [0.2, 0.25) is 0 Å². The molecule has 0 aliphatic carbocycles. The maximum absolute atomic E-state index is 9.36. The number of aliphatic hydroxyl groups is 1. The van der Waals surface area contributed by atoms with Crippen LogP contribution in [0.15, 0.2) is 12.1 Å². The highest BCUT2D eigenvalue weighted by Gasteiger charge is 2.09. The molecule has 2 aromatic heterocycles. The van der Waals surface area contributed by atoms with E-state index >= 15 is 0 Å². The quantitative estimate of drug-likeness (QED) is 0.329. The van der Waals surface area contributed by atoms with Crippen LogP contribution in [0.1, 0.15) is 16.8 Å². The van der Waals surface area contributed by atoms with Gasteiger partial charge in [-0.05, 0) is 19.1 Å². The van der Waals surface area contributed by atoms with Crippen molar-refractivity contribution < 1.29 is 5.11 Å². The van der Waals surface area contributed by atoms with Crippen LogP contribution in [0.3, 0.4) is 0 Å². The Morgan fingerprint density at radius 2 is 2.38 bits per heavy atom. The summed E-state index contributed by atoms with van der Waals surface area (Å²) in [4.78, 5) is 5.42. The molecule has 2 rings (SSSR count). The largest absolute Gasteiger partial charge is 0.372 e. The minimum atomic E-state index is -0.820. The molecule has 4 nitrogen and oxygen atoms in total. The Morgan fingerprint density at radius 1 is 1.62 bits per heavy atom. The van der Waals surface area contributed by atoms with E-state index in [4.69, 9.17) is 5.84 Å². The van der Waals surface area contributed by atoms with Crippen molar-refractivity contribution in [1.29, 1.82) is 0 Å². The van der Waals surface area contributed by atoms with Crippen molar-refractivity contribution >= 4 is 21.6 Å². The number of aliphatic hydroxyl groups excluding tert-OH is 1. The van der Waals surface area contributed by atoms with E-state index in [1.807, 2.05) is 6.07 Å². The van der Waals surface area contributed by atoms with Crippen LogP contribution in [0.4, 0.5) is 0 Å². The zero-order chi connectivity index (χ0) is 9.42. The molecule has 13 heavy (non-hydrogen) atoms. The highest BCUT2D eigenvalue weighted by Crippen LogP contribution is 2.26. The maximum Gasteiger partial charge on any atom is 0.158 e. The third-order valence-electron chi connectivity index (χ3n) is 1.91. The highest BCUT2D eigenvalue weighted by atomic mass is 32.1. The number of hydrogen-bond acceptors (Lipinski definition) is 4. The number of nitrogens with one attached hydrogen (secondary N) is 2. The second-order valence-electron chi connectivity index (χ2n) is 2.94. The standard InChI is InChI=1S/C8H11N3OS/c1-4-2-5-3-6(7(12)11-9)10-8(5)13-4/h2-3,7,10-12H,9H2,1H3. The van der Waals surface area contributed by atoms with Crippen LogP contribution < -0.4 is 11.3 Å². The predicted molar refractivity (Wildman–Crippen MR) is 53.2 cm³/mol. The maximum atomic E-state index is 9.36. The molecule has 0 amide bonds. The second-order valence-corrected chi connectivity index (χ2v) is 4.19. The zero-order valence-corrected chi connectivity index (χ0v) is 7.98. The molecule has 0 aliphatic heterocycles. The lowest BCUT2D eigenvalue weighted by Crippen LogP contribution is -2.27. The summed E-state index contributed by atoms with van der Waals surface area (Å²) >= 11 is 1.67. The van der Waals surface area contributed by atoms with E-state index in [0.29, 0.717) is 5.69 Å². The third kappa shape index (κ3) is 1.47. The number of rotatable bonds is 2. The summed E-state index contributed by atoms with van der Waals surface area (Å²) in [5.74, 6) is 5.11. The van der Waals surface area contributed by atoms with Crippen LogP contribution >= 0.6 is 11.3 Å². The molecule has 0 aliphatic rings. The van der Waals surface area contributed by atoms with Crippen LogP contribution in [-0.2, 0) is 0 Å². The van der Waals surface area contributed by atoms with Gasteiger partial charge in [-0.25, -0.2) is 5.43 Å². The molecule has 5 N–H and O–H groups in total. The lowest BCUT2D eigenvalue weighted by molar-refractivity contribution is 0.136. The third-order valence-corrected chi connectivity index (χ3v) is 2.89. The Bertz CT molecular complexity index is 388. The minimum absolute atomic E-state index is 0.698. The average molecular weight is 197 g/mol. The summed E-state index contributed by atoms with van der Waals surface area (Å²) in [6, 6.07) is 3.96. The van der Waals surface area contributed by atoms with E-state index in [1.54, 1.807) is 11.3 Å². The number of hydrogen-bond donors (Lipinski definition) is 4. The van der Waals surface area contributed by atoms with Gasteiger partial charge in [0, 0.05) is 10.3 Å². The SMILES string of the molecule is Cc1cc2cc(C(O)NN)[nH]c2s1. The average Bonchev–Trinajstić information content (AvgIpc) is 2.59. The number of aryl methyl sites for hydroxylation is 1. The molecule has 1 atom stereocenters. The van der Waals surface area contributed by atoms with Gasteiger partial charge in [0.05, 0.1) is 5.69 Å². The number of hydrazine groups is 1. The van der Waals surface area contributed by atoms with Crippen LogP contribution in [-0.4, -0.2) is 10.1 Å². The minimum Gasteiger partial charge on any atom is -0.372 e. The summed E-state index contributed by atoms with van der Waals surface area (Å²) in [6.45, 7) is 2.05. The Hall–Kier alpha value is -0.880. The Balaban J connectivity index is 2.45. The lowest BCUT2D eigenvalue weighted by atomic mass is 10.3. The fourth-order valence-electron chi connectivity index (χ4n) is 1.31. The number of thiophene rings is 1. The van der Waals surface area contributed by atoms with Gasteiger partial charge in [-0.2, -0.15) is 0 Å². The van der Waals surface area contributed by atoms with E-state index in [2.05, 4.69) is 23.4 Å². The van der Waals surface area contributed by atoms with E-state index in [1.165, 1.54) is 4.88 Å². The fraction of sp³-hybridized carbons (Fsp3) is 0.250. The normalized spacial score (nSPS) is 13.8. The summed E-state index contributed by atoms with van der Waals surface area (Å²) in [6.07, 6.45) is -0.820. The van der Waals surface area contributed by atoms with Gasteiger partial charge in [-0.15, -0.1) is 11.3 Å². The molecule has 1 unspecified atom stereocenters. The molecule has 0 saturated heterocycles. The van der Waals surface area contributed by atoms with Crippen LogP contribution in [0.5, 0.6) is 0 Å². The molecule has 0 saturated carbocycles. The van der Waals surface area contributed by atoms with Crippen molar-refractivity contribution in [3.05, 3.63) is 22.7 Å². The molecule has 0 radical (unpaired) electrons. The molecule has 2 heterocycles. The highest BCUT2D eigenvalue weighted by molar-refractivity contribution is 7.18. The first-order valence-electron chi connectivity index (χ1n) is 3.94. The topological polar surface area (TPSA) is 74.1 Å². The van der Waals surface area contributed by atoms with E-state index in [9.17, 15) is 5.11 Å². The van der Waals surface area contributed by atoms with Gasteiger partial charge in [0.1, 0.15) is 4.83 Å². The smallest absolute Gasteiger partial charge is 0.158 e. The van der Waals surface area contributed by atoms with Gasteiger partial charge in [-0.1, -0.05) is 0 Å². The van der Waals surface area contributed by atoms with E-state index in [-0.39, 0.29) is 0 Å². The monoisotopic (exact) mass is 197 g/mol. The van der Waals surface area contributed by atoms with Crippen molar-refractivity contribution in [3.8, 4) is 0 Å². The molecular weight excluding hydrogens is 186 g/mol. The van der Waals surface area contributed by atoms with Crippen molar-refractivity contribution in [1.82, 2.24) is 10.4 Å². The first kappa shape index (κ1) is 8.71. The van der Waals surface area contributed by atoms with Gasteiger partial charge < -0.3 is 10.1 Å². The second kappa shape index (κ2) is 3.12. The first-order chi connectivity index (χ1) is 6.20. The van der Waals surface area contributed by atoms with Crippen molar-refractivity contribution in [2.45, 2.75) is 13.2 Å².